The van der Waals surface area contributed by atoms with Crippen molar-refractivity contribution in [3.05, 3.63) is 42.0 Å². The van der Waals surface area contributed by atoms with Gasteiger partial charge in [-0.15, -0.1) is 0 Å². The Hall–Kier alpha value is -2.17. The highest BCUT2D eigenvalue weighted by atomic mass is 16.1. The topological polar surface area (TPSA) is 73.8 Å². The lowest BCUT2D eigenvalue weighted by molar-refractivity contribution is -0.118. The van der Waals surface area contributed by atoms with Crippen LogP contribution in [0, 0.1) is 0 Å². The SMILES string of the molecule is CCCn1ncnc1CC(=O)CC(C)c1ccc(N)cc1. The highest BCUT2D eigenvalue weighted by Gasteiger charge is 2.14. The number of rotatable bonds is 7. The van der Waals surface area contributed by atoms with E-state index in [1.165, 1.54) is 6.33 Å². The van der Waals surface area contributed by atoms with Crippen LogP contribution in [0.3, 0.4) is 0 Å². The molecule has 1 unspecified atom stereocenters. The van der Waals surface area contributed by atoms with Crippen LogP contribution in [0.1, 0.15) is 44.0 Å². The quantitative estimate of drug-likeness (QED) is 0.794. The van der Waals surface area contributed by atoms with Crippen molar-refractivity contribution in [1.29, 1.82) is 0 Å². The van der Waals surface area contributed by atoms with E-state index in [9.17, 15) is 4.79 Å². The van der Waals surface area contributed by atoms with E-state index in [0.717, 1.165) is 30.0 Å². The Morgan fingerprint density at radius 1 is 1.33 bits per heavy atom. The summed E-state index contributed by atoms with van der Waals surface area (Å²) in [5, 5.41) is 4.15. The highest BCUT2D eigenvalue weighted by molar-refractivity contribution is 5.80. The van der Waals surface area contributed by atoms with Gasteiger partial charge in [0.05, 0.1) is 6.42 Å². The molecule has 0 radical (unpaired) electrons. The molecule has 21 heavy (non-hydrogen) atoms. The normalized spacial score (nSPS) is 12.3. The summed E-state index contributed by atoms with van der Waals surface area (Å²) >= 11 is 0. The van der Waals surface area contributed by atoms with Gasteiger partial charge in [-0.2, -0.15) is 5.10 Å². The van der Waals surface area contributed by atoms with Gasteiger partial charge in [-0.1, -0.05) is 26.0 Å². The van der Waals surface area contributed by atoms with Crippen LogP contribution in [0.4, 0.5) is 5.69 Å². The lowest BCUT2D eigenvalue weighted by Crippen LogP contribution is -2.13. The average Bonchev–Trinajstić information content (AvgIpc) is 2.87. The van der Waals surface area contributed by atoms with Gasteiger partial charge >= 0.3 is 0 Å². The van der Waals surface area contributed by atoms with E-state index in [1.54, 1.807) is 0 Å². The van der Waals surface area contributed by atoms with E-state index >= 15 is 0 Å². The fourth-order valence-electron chi connectivity index (χ4n) is 2.36. The van der Waals surface area contributed by atoms with Crippen molar-refractivity contribution in [3.8, 4) is 0 Å². The third-order valence-corrected chi connectivity index (χ3v) is 3.53. The van der Waals surface area contributed by atoms with Gasteiger partial charge < -0.3 is 5.73 Å². The van der Waals surface area contributed by atoms with Gasteiger partial charge in [-0.05, 0) is 30.0 Å². The van der Waals surface area contributed by atoms with Gasteiger partial charge in [-0.3, -0.25) is 4.79 Å². The molecule has 0 amide bonds. The number of hydrogen-bond donors (Lipinski definition) is 1. The van der Waals surface area contributed by atoms with E-state index in [0.29, 0.717) is 12.8 Å². The van der Waals surface area contributed by atoms with Crippen LogP contribution in [0.25, 0.3) is 0 Å². The fourth-order valence-corrected chi connectivity index (χ4v) is 2.36. The number of aryl methyl sites for hydroxylation is 1. The zero-order valence-corrected chi connectivity index (χ0v) is 12.6. The molecule has 5 nitrogen and oxygen atoms in total. The summed E-state index contributed by atoms with van der Waals surface area (Å²) < 4.78 is 1.81. The molecule has 0 bridgehead atoms. The Kier molecular flexibility index (Phi) is 5.09. The summed E-state index contributed by atoms with van der Waals surface area (Å²) in [5.74, 6) is 1.12. The van der Waals surface area contributed by atoms with Crippen molar-refractivity contribution in [2.75, 3.05) is 5.73 Å². The van der Waals surface area contributed by atoms with E-state index in [4.69, 9.17) is 5.73 Å². The lowest BCUT2D eigenvalue weighted by atomic mass is 9.94. The first-order valence-electron chi connectivity index (χ1n) is 7.34. The number of carbonyl (C=O) groups is 1. The number of nitrogens with two attached hydrogens (primary N) is 1. The first-order valence-corrected chi connectivity index (χ1v) is 7.34. The van der Waals surface area contributed by atoms with Gasteiger partial charge in [0.15, 0.2) is 0 Å². The maximum absolute atomic E-state index is 12.2. The molecule has 0 saturated heterocycles. The maximum atomic E-state index is 12.2. The number of Topliss-reactive ketones (excluding diaryl/α,β-unsaturated/α-hetero) is 1. The molecule has 5 heteroatoms. The van der Waals surface area contributed by atoms with Crippen LogP contribution < -0.4 is 5.73 Å². The zero-order valence-electron chi connectivity index (χ0n) is 12.6. The smallest absolute Gasteiger partial charge is 0.141 e. The predicted molar refractivity (Wildman–Crippen MR) is 82.9 cm³/mol. The summed E-state index contributed by atoms with van der Waals surface area (Å²) in [6.07, 6.45) is 3.34. The zero-order chi connectivity index (χ0) is 15.2. The molecule has 0 saturated carbocycles. The Morgan fingerprint density at radius 3 is 2.71 bits per heavy atom. The molecule has 0 aliphatic rings. The summed E-state index contributed by atoms with van der Waals surface area (Å²) in [4.78, 5) is 16.4. The fraction of sp³-hybridized carbons (Fsp3) is 0.438. The Labute approximate surface area is 125 Å². The number of ketones is 1. The van der Waals surface area contributed by atoms with Gasteiger partial charge in [0.25, 0.3) is 0 Å². The summed E-state index contributed by atoms with van der Waals surface area (Å²) in [6.45, 7) is 4.94. The Morgan fingerprint density at radius 2 is 2.05 bits per heavy atom. The number of nitrogens with zero attached hydrogens (tertiary/aromatic N) is 3. The number of anilines is 1. The molecular weight excluding hydrogens is 264 g/mol. The van der Waals surface area contributed by atoms with Gasteiger partial charge in [0, 0.05) is 18.7 Å². The molecule has 2 rings (SSSR count). The number of nitrogen functional groups attached to an aromatic ring is 1. The number of aromatic nitrogens is 3. The highest BCUT2D eigenvalue weighted by Crippen LogP contribution is 2.21. The summed E-state index contributed by atoms with van der Waals surface area (Å²) in [6, 6.07) is 7.70. The van der Waals surface area contributed by atoms with E-state index in [1.807, 2.05) is 28.9 Å². The molecule has 0 aliphatic carbocycles. The Balaban J connectivity index is 1.94. The average molecular weight is 286 g/mol. The number of hydrogen-bond acceptors (Lipinski definition) is 4. The minimum absolute atomic E-state index is 0.181. The van der Waals surface area contributed by atoms with Gasteiger partial charge in [-0.25, -0.2) is 9.67 Å². The second-order valence-electron chi connectivity index (χ2n) is 5.39. The first-order chi connectivity index (χ1) is 10.1. The number of benzene rings is 1. The van der Waals surface area contributed by atoms with Crippen molar-refractivity contribution in [1.82, 2.24) is 14.8 Å². The molecule has 1 aromatic carbocycles. The van der Waals surface area contributed by atoms with Crippen LogP contribution in [0.5, 0.6) is 0 Å². The van der Waals surface area contributed by atoms with Crippen molar-refractivity contribution in [3.63, 3.8) is 0 Å². The minimum Gasteiger partial charge on any atom is -0.399 e. The summed E-state index contributed by atoms with van der Waals surface area (Å²) in [5.41, 5.74) is 7.55. The van der Waals surface area contributed by atoms with Crippen molar-refractivity contribution in [2.24, 2.45) is 0 Å². The van der Waals surface area contributed by atoms with Gasteiger partial charge in [0.1, 0.15) is 17.9 Å². The van der Waals surface area contributed by atoms with E-state index < -0.39 is 0 Å². The molecule has 1 heterocycles. The molecule has 0 fully saturated rings. The molecule has 0 spiro atoms. The molecule has 2 N–H and O–H groups in total. The molecular formula is C16H22N4O. The molecule has 2 aromatic rings. The van der Waals surface area contributed by atoms with Crippen LogP contribution >= 0.6 is 0 Å². The van der Waals surface area contributed by atoms with Crippen LogP contribution in [0.15, 0.2) is 30.6 Å². The van der Waals surface area contributed by atoms with Crippen molar-refractivity contribution < 1.29 is 4.79 Å². The first kappa shape index (κ1) is 15.2. The Bertz CT molecular complexity index is 589. The van der Waals surface area contributed by atoms with Crippen molar-refractivity contribution in [2.45, 2.75) is 45.6 Å². The molecule has 1 atom stereocenters. The second-order valence-corrected chi connectivity index (χ2v) is 5.39. The van der Waals surface area contributed by atoms with E-state index in [-0.39, 0.29) is 11.7 Å². The molecule has 1 aromatic heterocycles. The monoisotopic (exact) mass is 286 g/mol. The van der Waals surface area contributed by atoms with Crippen LogP contribution in [-0.2, 0) is 17.8 Å². The third kappa shape index (κ3) is 4.15. The molecule has 112 valence electrons. The predicted octanol–water partition coefficient (Wildman–Crippen LogP) is 2.58. The third-order valence-electron chi connectivity index (χ3n) is 3.53. The second kappa shape index (κ2) is 7.02. The number of carbonyl (C=O) groups excluding carboxylic acids is 1. The largest absolute Gasteiger partial charge is 0.399 e. The van der Waals surface area contributed by atoms with Crippen LogP contribution in [-0.4, -0.2) is 20.5 Å². The van der Waals surface area contributed by atoms with E-state index in [2.05, 4.69) is 23.9 Å². The van der Waals surface area contributed by atoms with Crippen molar-refractivity contribution >= 4 is 11.5 Å². The maximum Gasteiger partial charge on any atom is 0.141 e. The summed E-state index contributed by atoms with van der Waals surface area (Å²) in [7, 11) is 0. The molecule has 0 aliphatic heterocycles. The minimum atomic E-state index is 0.181. The van der Waals surface area contributed by atoms with Gasteiger partial charge in [0.2, 0.25) is 0 Å². The lowest BCUT2D eigenvalue weighted by Gasteiger charge is -2.11. The van der Waals surface area contributed by atoms with Crippen LogP contribution in [0.2, 0.25) is 0 Å². The standard InChI is InChI=1S/C16H22N4O/c1-3-8-20-16(18-11-19-20)10-15(21)9-12(2)13-4-6-14(17)7-5-13/h4-7,11-12H,3,8-10,17H2,1-2H3.